The van der Waals surface area contributed by atoms with Crippen LogP contribution in [0.15, 0.2) is 11.3 Å². The third kappa shape index (κ3) is 2.30. The molecule has 10 nitrogen and oxygen atoms in total. The largest absolute Gasteiger partial charge is 0.394 e. The Bertz CT molecular complexity index is 632. The van der Waals surface area contributed by atoms with Crippen molar-refractivity contribution in [1.29, 1.82) is 0 Å². The highest BCUT2D eigenvalue weighted by Crippen LogP contribution is 2.40. The quantitative estimate of drug-likeness (QED) is 0.373. The van der Waals surface area contributed by atoms with Gasteiger partial charge in [0.05, 0.1) is 12.9 Å². The van der Waals surface area contributed by atoms with Crippen LogP contribution in [0.3, 0.4) is 0 Å². The van der Waals surface area contributed by atoms with Crippen LogP contribution in [0.25, 0.3) is 0 Å². The molecule has 1 fully saturated rings. The predicted octanol–water partition coefficient (Wildman–Crippen LogP) is -1.96. The van der Waals surface area contributed by atoms with Gasteiger partial charge in [-0.3, -0.25) is 4.57 Å². The molecule has 0 radical (unpaired) electrons. The lowest BCUT2D eigenvalue weighted by atomic mass is 9.95. The summed E-state index contributed by atoms with van der Waals surface area (Å²) in [5.74, 6) is 0.0289. The van der Waals surface area contributed by atoms with E-state index in [2.05, 4.69) is 15.3 Å². The normalized spacial score (nSPS) is 36.7. The summed E-state index contributed by atoms with van der Waals surface area (Å²) >= 11 is 0. The van der Waals surface area contributed by atoms with E-state index in [-0.39, 0.29) is 17.6 Å². The molecule has 1 aromatic heterocycles. The van der Waals surface area contributed by atoms with E-state index in [9.17, 15) is 20.4 Å². The van der Waals surface area contributed by atoms with Crippen LogP contribution < -0.4 is 11.1 Å². The number of anilines is 1. The maximum absolute atomic E-state index is 10.8. The molecule has 1 saturated heterocycles. The van der Waals surface area contributed by atoms with E-state index in [1.165, 1.54) is 10.9 Å². The number of aliphatic imine (C=N–C) groups is 1. The molecule has 7 N–H and O–H groups in total. The van der Waals surface area contributed by atoms with E-state index in [4.69, 9.17) is 10.5 Å². The minimum atomic E-state index is -1.60. The molecule has 0 saturated carbocycles. The van der Waals surface area contributed by atoms with Gasteiger partial charge in [0.1, 0.15) is 29.8 Å². The standard InChI is InChI=1S/C13H21N5O5/c1-5(2)13(22)9-10(16-12(14)17-13)18(4-15-9)11-8(21)7(20)6(3-19)23-11/h4-8,11,19-22H,3H2,1-2H3,(H3,14,16,17)/t6-,7-,8-,11-,13?/m1/s1. The number of hydrogen-bond donors (Lipinski definition) is 6. The lowest BCUT2D eigenvalue weighted by Crippen LogP contribution is -2.41. The lowest BCUT2D eigenvalue weighted by molar-refractivity contribution is -0.0522. The summed E-state index contributed by atoms with van der Waals surface area (Å²) in [6, 6.07) is 0. The molecule has 0 aromatic carbocycles. The molecule has 1 aromatic rings. The molecule has 0 aliphatic carbocycles. The maximum Gasteiger partial charge on any atom is 0.209 e. The zero-order valence-electron chi connectivity index (χ0n) is 12.8. The molecule has 128 valence electrons. The molecule has 23 heavy (non-hydrogen) atoms. The topological polar surface area (TPSA) is 158 Å². The third-order valence-electron chi connectivity index (χ3n) is 4.28. The van der Waals surface area contributed by atoms with E-state index < -0.39 is 36.9 Å². The zero-order chi connectivity index (χ0) is 16.9. The molecule has 0 spiro atoms. The van der Waals surface area contributed by atoms with Crippen molar-refractivity contribution in [3.63, 3.8) is 0 Å². The van der Waals surface area contributed by atoms with Crippen LogP contribution in [0.1, 0.15) is 25.8 Å². The monoisotopic (exact) mass is 327 g/mol. The third-order valence-corrected chi connectivity index (χ3v) is 4.28. The molecule has 0 bridgehead atoms. The molecule has 3 heterocycles. The Kier molecular flexibility index (Phi) is 3.81. The molecule has 10 heteroatoms. The Morgan fingerprint density at radius 3 is 2.70 bits per heavy atom. The van der Waals surface area contributed by atoms with Crippen molar-refractivity contribution in [3.05, 3.63) is 12.0 Å². The van der Waals surface area contributed by atoms with E-state index >= 15 is 0 Å². The van der Waals surface area contributed by atoms with Crippen molar-refractivity contribution < 1.29 is 25.2 Å². The first-order valence-corrected chi connectivity index (χ1v) is 7.34. The van der Waals surface area contributed by atoms with Gasteiger partial charge in [0, 0.05) is 5.92 Å². The summed E-state index contributed by atoms with van der Waals surface area (Å²) in [4.78, 5) is 8.20. The van der Waals surface area contributed by atoms with Crippen LogP contribution in [0.2, 0.25) is 0 Å². The van der Waals surface area contributed by atoms with E-state index in [0.29, 0.717) is 5.82 Å². The molecular weight excluding hydrogens is 306 g/mol. The fourth-order valence-corrected chi connectivity index (χ4v) is 2.85. The van der Waals surface area contributed by atoms with Gasteiger partial charge in [0.15, 0.2) is 12.2 Å². The summed E-state index contributed by atoms with van der Waals surface area (Å²) in [5, 5.41) is 42.8. The number of rotatable bonds is 3. The Morgan fingerprint density at radius 2 is 2.13 bits per heavy atom. The Morgan fingerprint density at radius 1 is 1.43 bits per heavy atom. The highest BCUT2D eigenvalue weighted by atomic mass is 16.6. The first-order chi connectivity index (χ1) is 10.8. The number of hydrogen-bond acceptors (Lipinski definition) is 9. The predicted molar refractivity (Wildman–Crippen MR) is 79.2 cm³/mol. The molecule has 2 aliphatic heterocycles. The number of aliphatic hydroxyl groups excluding tert-OH is 3. The van der Waals surface area contributed by atoms with Gasteiger partial charge in [0.2, 0.25) is 5.72 Å². The van der Waals surface area contributed by atoms with Gasteiger partial charge in [-0.25, -0.2) is 9.98 Å². The average molecular weight is 327 g/mol. The van der Waals surface area contributed by atoms with Gasteiger partial charge in [-0.1, -0.05) is 13.8 Å². The van der Waals surface area contributed by atoms with E-state index in [0.717, 1.165) is 0 Å². The molecule has 0 amide bonds. The van der Waals surface area contributed by atoms with E-state index in [1.54, 1.807) is 13.8 Å². The Hall–Kier alpha value is -1.72. The van der Waals surface area contributed by atoms with Crippen LogP contribution >= 0.6 is 0 Å². The number of fused-ring (bicyclic) bond motifs is 1. The van der Waals surface area contributed by atoms with Crippen molar-refractivity contribution in [2.45, 2.75) is 44.1 Å². The number of imidazole rings is 1. The number of ether oxygens (including phenoxy) is 1. The first kappa shape index (κ1) is 16.1. The average Bonchev–Trinajstić information content (AvgIpc) is 3.02. The number of nitrogens with two attached hydrogens (primary N) is 1. The van der Waals surface area contributed by atoms with E-state index in [1.807, 2.05) is 0 Å². The number of nitrogens with zero attached hydrogens (tertiary/aromatic N) is 3. The summed E-state index contributed by atoms with van der Waals surface area (Å²) in [6.07, 6.45) is -3.03. The van der Waals surface area contributed by atoms with Crippen LogP contribution in [0, 0.1) is 5.92 Å². The van der Waals surface area contributed by atoms with Gasteiger partial charge in [-0.15, -0.1) is 0 Å². The minimum Gasteiger partial charge on any atom is -0.394 e. The number of aliphatic hydroxyl groups is 4. The molecule has 3 rings (SSSR count). The highest BCUT2D eigenvalue weighted by Gasteiger charge is 2.47. The SMILES string of the molecule is CC(C)C1(O)N=C(N)Nc2c1ncn2[C@@H]1O[C@H](CO)[C@@H](O)[C@H]1O. The Labute approximate surface area is 132 Å². The van der Waals surface area contributed by atoms with Crippen LogP contribution in [0.4, 0.5) is 5.82 Å². The number of guanidine groups is 1. The first-order valence-electron chi connectivity index (χ1n) is 7.34. The summed E-state index contributed by atoms with van der Waals surface area (Å²) in [5.41, 5.74) is 4.40. The summed E-state index contributed by atoms with van der Waals surface area (Å²) in [6.45, 7) is 3.12. The summed E-state index contributed by atoms with van der Waals surface area (Å²) in [7, 11) is 0. The van der Waals surface area contributed by atoms with Crippen LogP contribution in [0.5, 0.6) is 0 Å². The van der Waals surface area contributed by atoms with Crippen LogP contribution in [-0.4, -0.2) is 60.9 Å². The van der Waals surface area contributed by atoms with Gasteiger partial charge < -0.3 is 36.2 Å². The van der Waals surface area contributed by atoms with Crippen molar-refractivity contribution >= 4 is 11.8 Å². The van der Waals surface area contributed by atoms with Crippen molar-refractivity contribution in [3.8, 4) is 0 Å². The zero-order valence-corrected chi connectivity index (χ0v) is 12.8. The van der Waals surface area contributed by atoms with Gasteiger partial charge in [-0.05, 0) is 0 Å². The van der Waals surface area contributed by atoms with Gasteiger partial charge in [-0.2, -0.15) is 0 Å². The maximum atomic E-state index is 10.8. The second-order valence-electron chi connectivity index (χ2n) is 6.08. The second-order valence-corrected chi connectivity index (χ2v) is 6.08. The van der Waals surface area contributed by atoms with Crippen molar-refractivity contribution in [1.82, 2.24) is 9.55 Å². The minimum absolute atomic E-state index is 0.00203. The molecule has 1 unspecified atom stereocenters. The Balaban J connectivity index is 2.02. The lowest BCUT2D eigenvalue weighted by Gasteiger charge is -2.32. The molecular formula is C13H21N5O5. The van der Waals surface area contributed by atoms with Crippen molar-refractivity contribution in [2.24, 2.45) is 16.6 Å². The fraction of sp³-hybridized carbons (Fsp3) is 0.692. The number of aromatic nitrogens is 2. The fourth-order valence-electron chi connectivity index (χ4n) is 2.85. The van der Waals surface area contributed by atoms with Gasteiger partial charge in [0.25, 0.3) is 0 Å². The number of nitrogens with one attached hydrogen (secondary N) is 1. The van der Waals surface area contributed by atoms with Crippen molar-refractivity contribution in [2.75, 3.05) is 11.9 Å². The highest BCUT2D eigenvalue weighted by molar-refractivity contribution is 5.94. The van der Waals surface area contributed by atoms with Crippen LogP contribution in [-0.2, 0) is 10.5 Å². The van der Waals surface area contributed by atoms with Gasteiger partial charge >= 0.3 is 0 Å². The molecule has 2 aliphatic rings. The second kappa shape index (κ2) is 5.42. The smallest absolute Gasteiger partial charge is 0.209 e. The summed E-state index contributed by atoms with van der Waals surface area (Å²) < 4.78 is 6.90. The molecule has 5 atom stereocenters.